The lowest BCUT2D eigenvalue weighted by molar-refractivity contribution is 0.293. The normalized spacial score (nSPS) is 21.8. The van der Waals surface area contributed by atoms with Crippen LogP contribution in [0.2, 0.25) is 0 Å². The van der Waals surface area contributed by atoms with Crippen LogP contribution in [-0.2, 0) is 10.0 Å². The van der Waals surface area contributed by atoms with Gasteiger partial charge in [0.2, 0.25) is 10.0 Å². The summed E-state index contributed by atoms with van der Waals surface area (Å²) in [4.78, 5) is 0. The van der Waals surface area contributed by atoms with Gasteiger partial charge in [-0.3, -0.25) is 0 Å². The maximum absolute atomic E-state index is 11.5. The van der Waals surface area contributed by atoms with Crippen molar-refractivity contribution in [2.24, 2.45) is 5.92 Å². The summed E-state index contributed by atoms with van der Waals surface area (Å²) in [5.74, 6) is 0.410. The van der Waals surface area contributed by atoms with Crippen molar-refractivity contribution in [1.82, 2.24) is 4.72 Å². The van der Waals surface area contributed by atoms with Gasteiger partial charge in [-0.2, -0.15) is 0 Å². The molecule has 0 bridgehead atoms. The fourth-order valence-corrected chi connectivity index (χ4v) is 3.29. The summed E-state index contributed by atoms with van der Waals surface area (Å²) in [5, 5.41) is -0.156. The van der Waals surface area contributed by atoms with Crippen LogP contribution < -0.4 is 4.72 Å². The standard InChI is InChI=1S/C8H17NO2S/c1-3-8(7-5-4-6-7)12(10,11)9-2/h7-9H,3-6H2,1-2H3. The van der Waals surface area contributed by atoms with E-state index < -0.39 is 10.0 Å². The molecule has 0 aliphatic heterocycles. The second kappa shape index (κ2) is 3.75. The Hall–Kier alpha value is -0.0900. The Bertz CT molecular complexity index is 231. The van der Waals surface area contributed by atoms with Gasteiger partial charge in [-0.05, 0) is 32.2 Å². The first-order valence-electron chi connectivity index (χ1n) is 4.54. The molecule has 0 amide bonds. The van der Waals surface area contributed by atoms with Gasteiger partial charge in [0, 0.05) is 0 Å². The van der Waals surface area contributed by atoms with Crippen molar-refractivity contribution < 1.29 is 8.42 Å². The molecule has 0 heterocycles. The van der Waals surface area contributed by atoms with Crippen LogP contribution in [0.25, 0.3) is 0 Å². The molecule has 12 heavy (non-hydrogen) atoms. The molecule has 0 aromatic rings. The molecule has 1 aliphatic rings. The van der Waals surface area contributed by atoms with Crippen molar-refractivity contribution in [1.29, 1.82) is 0 Å². The molecule has 1 N–H and O–H groups in total. The summed E-state index contributed by atoms with van der Waals surface area (Å²) in [5.41, 5.74) is 0. The molecule has 0 saturated heterocycles. The summed E-state index contributed by atoms with van der Waals surface area (Å²) in [6, 6.07) is 0. The van der Waals surface area contributed by atoms with Crippen LogP contribution in [0.3, 0.4) is 0 Å². The second-order valence-corrected chi connectivity index (χ2v) is 5.49. The smallest absolute Gasteiger partial charge is 0.214 e. The number of nitrogens with one attached hydrogen (secondary N) is 1. The molecule has 1 fully saturated rings. The van der Waals surface area contributed by atoms with Gasteiger partial charge in [0.1, 0.15) is 0 Å². The number of rotatable bonds is 4. The Kier molecular flexibility index (Phi) is 3.12. The molecule has 1 rings (SSSR count). The van der Waals surface area contributed by atoms with Crippen LogP contribution in [0.1, 0.15) is 32.6 Å². The maximum Gasteiger partial charge on any atom is 0.214 e. The van der Waals surface area contributed by atoms with E-state index in [1.54, 1.807) is 0 Å². The molecule has 0 radical (unpaired) electrons. The van der Waals surface area contributed by atoms with E-state index in [-0.39, 0.29) is 5.25 Å². The fraction of sp³-hybridized carbons (Fsp3) is 1.00. The van der Waals surface area contributed by atoms with E-state index in [1.165, 1.54) is 13.5 Å². The largest absolute Gasteiger partial charge is 0.218 e. The highest BCUT2D eigenvalue weighted by molar-refractivity contribution is 7.90. The number of hydrogen-bond acceptors (Lipinski definition) is 2. The lowest BCUT2D eigenvalue weighted by atomic mass is 9.82. The maximum atomic E-state index is 11.5. The van der Waals surface area contributed by atoms with E-state index >= 15 is 0 Å². The Morgan fingerprint density at radius 2 is 2.08 bits per heavy atom. The first kappa shape index (κ1) is 9.99. The van der Waals surface area contributed by atoms with E-state index in [0.717, 1.165) is 19.3 Å². The zero-order valence-corrected chi connectivity index (χ0v) is 8.52. The molecule has 4 heteroatoms. The third-order valence-corrected chi connectivity index (χ3v) is 4.85. The fourth-order valence-electron chi connectivity index (χ4n) is 1.77. The summed E-state index contributed by atoms with van der Waals surface area (Å²) in [6.07, 6.45) is 4.09. The molecule has 72 valence electrons. The molecule has 1 aliphatic carbocycles. The molecular weight excluding hydrogens is 174 g/mol. The van der Waals surface area contributed by atoms with Crippen LogP contribution in [0.5, 0.6) is 0 Å². The van der Waals surface area contributed by atoms with Gasteiger partial charge in [-0.25, -0.2) is 13.1 Å². The predicted molar refractivity (Wildman–Crippen MR) is 49.4 cm³/mol. The van der Waals surface area contributed by atoms with Gasteiger partial charge in [-0.1, -0.05) is 13.3 Å². The molecule has 0 aromatic heterocycles. The van der Waals surface area contributed by atoms with Gasteiger partial charge in [0.25, 0.3) is 0 Å². The number of hydrogen-bond donors (Lipinski definition) is 1. The Labute approximate surface area is 74.6 Å². The Morgan fingerprint density at radius 3 is 2.33 bits per heavy atom. The van der Waals surface area contributed by atoms with Crippen molar-refractivity contribution >= 4 is 10.0 Å². The van der Waals surface area contributed by atoms with Crippen LogP contribution >= 0.6 is 0 Å². The van der Waals surface area contributed by atoms with Crippen molar-refractivity contribution in [2.75, 3.05) is 7.05 Å². The third-order valence-electron chi connectivity index (χ3n) is 2.76. The topological polar surface area (TPSA) is 46.2 Å². The van der Waals surface area contributed by atoms with Crippen molar-refractivity contribution in [2.45, 2.75) is 37.9 Å². The lowest BCUT2D eigenvalue weighted by Crippen LogP contribution is -2.39. The highest BCUT2D eigenvalue weighted by Crippen LogP contribution is 2.33. The minimum Gasteiger partial charge on any atom is -0.218 e. The van der Waals surface area contributed by atoms with E-state index in [9.17, 15) is 8.42 Å². The van der Waals surface area contributed by atoms with E-state index in [4.69, 9.17) is 0 Å². The minimum absolute atomic E-state index is 0.156. The van der Waals surface area contributed by atoms with Crippen LogP contribution in [-0.4, -0.2) is 20.7 Å². The van der Waals surface area contributed by atoms with Gasteiger partial charge in [-0.15, -0.1) is 0 Å². The van der Waals surface area contributed by atoms with Gasteiger partial charge < -0.3 is 0 Å². The van der Waals surface area contributed by atoms with Crippen molar-refractivity contribution in [3.05, 3.63) is 0 Å². The van der Waals surface area contributed by atoms with Crippen LogP contribution in [0.4, 0.5) is 0 Å². The summed E-state index contributed by atoms with van der Waals surface area (Å²) in [6.45, 7) is 1.94. The summed E-state index contributed by atoms with van der Waals surface area (Å²) in [7, 11) is -1.52. The van der Waals surface area contributed by atoms with Gasteiger partial charge in [0.05, 0.1) is 5.25 Å². The Morgan fingerprint density at radius 1 is 1.50 bits per heavy atom. The van der Waals surface area contributed by atoms with Crippen molar-refractivity contribution in [3.8, 4) is 0 Å². The molecule has 0 aromatic carbocycles. The average molecular weight is 191 g/mol. The van der Waals surface area contributed by atoms with Gasteiger partial charge in [0.15, 0.2) is 0 Å². The molecule has 0 spiro atoms. The highest BCUT2D eigenvalue weighted by atomic mass is 32.2. The van der Waals surface area contributed by atoms with E-state index in [0.29, 0.717) is 5.92 Å². The molecule has 1 unspecified atom stereocenters. The third kappa shape index (κ3) is 1.80. The van der Waals surface area contributed by atoms with Crippen molar-refractivity contribution in [3.63, 3.8) is 0 Å². The van der Waals surface area contributed by atoms with E-state index in [2.05, 4.69) is 4.72 Å². The second-order valence-electron chi connectivity index (χ2n) is 3.39. The zero-order valence-electron chi connectivity index (χ0n) is 7.71. The quantitative estimate of drug-likeness (QED) is 0.723. The number of sulfonamides is 1. The van der Waals surface area contributed by atoms with Crippen LogP contribution in [0, 0.1) is 5.92 Å². The highest BCUT2D eigenvalue weighted by Gasteiger charge is 2.34. The zero-order chi connectivity index (χ0) is 9.19. The summed E-state index contributed by atoms with van der Waals surface area (Å²) >= 11 is 0. The average Bonchev–Trinajstić information content (AvgIpc) is 1.96. The minimum atomic E-state index is -3.02. The van der Waals surface area contributed by atoms with Gasteiger partial charge >= 0.3 is 0 Å². The molecule has 1 atom stereocenters. The SMILES string of the molecule is CCC(C1CCC1)S(=O)(=O)NC. The lowest BCUT2D eigenvalue weighted by Gasteiger charge is -2.32. The predicted octanol–water partition coefficient (Wildman–Crippen LogP) is 1.11. The molecule has 3 nitrogen and oxygen atoms in total. The molecule has 1 saturated carbocycles. The summed E-state index contributed by atoms with van der Waals surface area (Å²) < 4.78 is 25.3. The Balaban J connectivity index is 2.66. The molecular formula is C8H17NO2S. The monoisotopic (exact) mass is 191 g/mol. The first-order valence-corrected chi connectivity index (χ1v) is 6.08. The van der Waals surface area contributed by atoms with Crippen LogP contribution in [0.15, 0.2) is 0 Å². The van der Waals surface area contributed by atoms with E-state index in [1.807, 2.05) is 6.92 Å². The first-order chi connectivity index (χ1) is 5.61.